The molecule has 202 valence electrons. The van der Waals surface area contributed by atoms with Gasteiger partial charge >= 0.3 is 0 Å². The van der Waals surface area contributed by atoms with Gasteiger partial charge in [-0.05, 0) is 63.6 Å². The molecule has 1 N–H and O–H groups in total. The highest BCUT2D eigenvalue weighted by Crippen LogP contribution is 2.44. The Hall–Kier alpha value is -2.89. The lowest BCUT2D eigenvalue weighted by atomic mass is 9.93. The summed E-state index contributed by atoms with van der Waals surface area (Å²) in [5.41, 5.74) is 4.20. The first kappa shape index (κ1) is 28.1. The van der Waals surface area contributed by atoms with E-state index in [4.69, 9.17) is 13.6 Å². The standard InChI is InChI=1S/C28H32N2O6S2/c1-6-29(7-2)19-10-13-22-25(16-19)35-26-17-20(30(8-3)9-4)11-14-23(26)28(22)24-15-12-21(38(31,32)33)18-27(24)37-36-34-5/h10-18H,6-9H2,1-5H3/p+1. The van der Waals surface area contributed by atoms with Gasteiger partial charge in [0.25, 0.3) is 10.1 Å². The summed E-state index contributed by atoms with van der Waals surface area (Å²) in [6.07, 6.45) is 0. The van der Waals surface area contributed by atoms with Gasteiger partial charge in [-0.3, -0.25) is 4.55 Å². The van der Waals surface area contributed by atoms with Crippen LogP contribution in [0, 0.1) is 0 Å². The van der Waals surface area contributed by atoms with E-state index in [0.29, 0.717) is 16.2 Å². The summed E-state index contributed by atoms with van der Waals surface area (Å²) in [5.74, 6) is 0.705. The molecule has 1 aliphatic heterocycles. The van der Waals surface area contributed by atoms with Crippen LogP contribution in [-0.4, -0.2) is 46.3 Å². The average Bonchev–Trinajstić information content (AvgIpc) is 2.91. The Kier molecular flexibility index (Phi) is 8.79. The number of hydrogen-bond acceptors (Lipinski definition) is 7. The van der Waals surface area contributed by atoms with Gasteiger partial charge in [0, 0.05) is 52.3 Å². The van der Waals surface area contributed by atoms with Crippen molar-refractivity contribution in [2.75, 3.05) is 38.2 Å². The highest BCUT2D eigenvalue weighted by Gasteiger charge is 2.23. The van der Waals surface area contributed by atoms with Crippen molar-refractivity contribution < 1.29 is 26.6 Å². The topological polar surface area (TPSA) is 92.2 Å². The zero-order chi connectivity index (χ0) is 27.4. The van der Waals surface area contributed by atoms with Crippen LogP contribution in [-0.2, 0) is 19.3 Å². The Bertz CT molecular complexity index is 1590. The summed E-state index contributed by atoms with van der Waals surface area (Å²) >= 11 is 0.875. The molecule has 0 amide bonds. The molecule has 0 atom stereocenters. The molecule has 0 radical (unpaired) electrons. The van der Waals surface area contributed by atoms with Crippen molar-refractivity contribution in [3.63, 3.8) is 0 Å². The summed E-state index contributed by atoms with van der Waals surface area (Å²) in [6, 6.07) is 16.7. The van der Waals surface area contributed by atoms with E-state index in [1.165, 1.54) is 19.2 Å². The summed E-state index contributed by atoms with van der Waals surface area (Å²) in [4.78, 5) is 7.28. The molecule has 0 unspecified atom stereocenters. The van der Waals surface area contributed by atoms with Gasteiger partial charge in [0.2, 0.25) is 5.36 Å². The van der Waals surface area contributed by atoms with Gasteiger partial charge in [0.1, 0.15) is 24.4 Å². The first-order valence-electron chi connectivity index (χ1n) is 12.6. The minimum atomic E-state index is -4.42. The minimum Gasteiger partial charge on any atom is -0.456 e. The zero-order valence-electron chi connectivity index (χ0n) is 22.2. The Morgan fingerprint density at radius 1 is 0.947 bits per heavy atom. The quantitative estimate of drug-likeness (QED) is 0.0664. The SMILES string of the molecule is CCN(CC)c1ccc2c(-c3ccc(S(=O)(=O)O)cc3SOOC)c3ccc(=[N+](CC)CC)cc-3oc2c1. The van der Waals surface area contributed by atoms with Crippen LogP contribution in [0.4, 0.5) is 5.69 Å². The van der Waals surface area contributed by atoms with Gasteiger partial charge in [-0.2, -0.15) is 12.8 Å². The molecular weight excluding hydrogens is 524 g/mol. The number of benzene rings is 3. The van der Waals surface area contributed by atoms with Gasteiger partial charge in [-0.1, -0.05) is 6.07 Å². The van der Waals surface area contributed by atoms with Gasteiger partial charge in [0.15, 0.2) is 0 Å². The molecule has 0 bridgehead atoms. The molecule has 2 aromatic carbocycles. The third-order valence-corrected chi connectivity index (χ3v) is 8.23. The van der Waals surface area contributed by atoms with Gasteiger partial charge < -0.3 is 9.32 Å². The van der Waals surface area contributed by atoms with E-state index in [1.54, 1.807) is 6.07 Å². The van der Waals surface area contributed by atoms with Crippen molar-refractivity contribution >= 4 is 38.8 Å². The molecule has 0 aromatic heterocycles. The highest BCUT2D eigenvalue weighted by molar-refractivity contribution is 7.94. The van der Waals surface area contributed by atoms with E-state index >= 15 is 0 Å². The Labute approximate surface area is 227 Å². The number of fused-ring (bicyclic) bond motifs is 2. The maximum absolute atomic E-state index is 11.9. The Morgan fingerprint density at radius 3 is 2.29 bits per heavy atom. The van der Waals surface area contributed by atoms with Crippen molar-refractivity contribution in [3.05, 3.63) is 60.0 Å². The molecule has 1 aliphatic carbocycles. The van der Waals surface area contributed by atoms with Crippen molar-refractivity contribution in [2.24, 2.45) is 0 Å². The van der Waals surface area contributed by atoms with E-state index in [0.717, 1.165) is 71.3 Å². The smallest absolute Gasteiger partial charge is 0.294 e. The van der Waals surface area contributed by atoms with E-state index in [9.17, 15) is 13.0 Å². The van der Waals surface area contributed by atoms with Crippen molar-refractivity contribution in [2.45, 2.75) is 37.5 Å². The molecule has 2 aromatic rings. The summed E-state index contributed by atoms with van der Waals surface area (Å²) in [7, 11) is -3.05. The van der Waals surface area contributed by atoms with Crippen LogP contribution in [0.25, 0.3) is 33.4 Å². The third kappa shape index (κ3) is 5.60. The Balaban J connectivity index is 2.11. The lowest BCUT2D eigenvalue weighted by Gasteiger charge is -2.22. The molecular formula is C28H33N2O6S2+. The van der Waals surface area contributed by atoms with Gasteiger partial charge in [-0.15, -0.1) is 0 Å². The number of hydrogen-bond donors (Lipinski definition) is 1. The molecule has 10 heteroatoms. The first-order chi connectivity index (χ1) is 18.2. The lowest BCUT2D eigenvalue weighted by molar-refractivity contribution is -0.160. The zero-order valence-corrected chi connectivity index (χ0v) is 23.9. The molecule has 0 fully saturated rings. The third-order valence-electron chi connectivity index (χ3n) is 6.66. The highest BCUT2D eigenvalue weighted by atomic mass is 32.2. The van der Waals surface area contributed by atoms with E-state index in [-0.39, 0.29) is 4.90 Å². The molecule has 0 saturated carbocycles. The van der Waals surface area contributed by atoms with E-state index in [1.807, 2.05) is 24.3 Å². The lowest BCUT2D eigenvalue weighted by Crippen LogP contribution is -2.29. The van der Waals surface area contributed by atoms with E-state index in [2.05, 4.69) is 49.3 Å². The summed E-state index contributed by atoms with van der Waals surface area (Å²) in [5, 5.41) is 1.92. The monoisotopic (exact) mass is 557 g/mol. The Morgan fingerprint density at radius 2 is 1.66 bits per heavy atom. The second-order valence-electron chi connectivity index (χ2n) is 8.63. The predicted octanol–water partition coefficient (Wildman–Crippen LogP) is 5.69. The largest absolute Gasteiger partial charge is 0.456 e. The molecule has 38 heavy (non-hydrogen) atoms. The number of anilines is 1. The molecule has 0 saturated heterocycles. The summed E-state index contributed by atoms with van der Waals surface area (Å²) < 4.78 is 47.4. The molecule has 4 rings (SSSR count). The first-order valence-corrected chi connectivity index (χ1v) is 14.8. The van der Waals surface area contributed by atoms with Crippen molar-refractivity contribution in [1.82, 2.24) is 4.58 Å². The van der Waals surface area contributed by atoms with Crippen LogP contribution < -0.4 is 14.8 Å². The van der Waals surface area contributed by atoms with Crippen LogP contribution in [0.2, 0.25) is 0 Å². The second-order valence-corrected chi connectivity index (χ2v) is 10.8. The van der Waals surface area contributed by atoms with Crippen LogP contribution in [0.3, 0.4) is 0 Å². The minimum absolute atomic E-state index is 0.231. The van der Waals surface area contributed by atoms with Crippen LogP contribution >= 0.6 is 12.0 Å². The second kappa shape index (κ2) is 11.9. The normalized spacial score (nSPS) is 11.8. The van der Waals surface area contributed by atoms with Crippen molar-refractivity contribution in [1.29, 1.82) is 0 Å². The fraction of sp³-hybridized carbons (Fsp3) is 0.321. The average molecular weight is 558 g/mol. The van der Waals surface area contributed by atoms with Crippen LogP contribution in [0.15, 0.2) is 68.8 Å². The summed E-state index contributed by atoms with van der Waals surface area (Å²) in [6.45, 7) is 11.9. The predicted molar refractivity (Wildman–Crippen MR) is 152 cm³/mol. The van der Waals surface area contributed by atoms with Crippen LogP contribution in [0.5, 0.6) is 0 Å². The number of rotatable bonds is 10. The fourth-order valence-corrected chi connectivity index (χ4v) is 5.90. The molecule has 8 nitrogen and oxygen atoms in total. The van der Waals surface area contributed by atoms with Crippen LogP contribution in [0.1, 0.15) is 27.7 Å². The van der Waals surface area contributed by atoms with E-state index < -0.39 is 10.1 Å². The van der Waals surface area contributed by atoms with Gasteiger partial charge in [-0.25, -0.2) is 9.46 Å². The van der Waals surface area contributed by atoms with Gasteiger partial charge in [0.05, 0.1) is 30.1 Å². The molecule has 1 heterocycles. The number of nitrogens with zero attached hydrogens (tertiary/aromatic N) is 2. The molecule has 0 spiro atoms. The molecule has 2 aliphatic rings. The fourth-order valence-electron chi connectivity index (χ4n) is 4.74. The maximum atomic E-state index is 11.9. The van der Waals surface area contributed by atoms with Crippen molar-refractivity contribution in [3.8, 4) is 22.5 Å². The maximum Gasteiger partial charge on any atom is 0.294 e.